The molecule has 2 unspecified atom stereocenters. The summed E-state index contributed by atoms with van der Waals surface area (Å²) in [6.07, 6.45) is 6.52. The Hall–Kier alpha value is -1.01. The smallest absolute Gasteiger partial charge is 0.256 e. The molecule has 1 heterocycles. The average Bonchev–Trinajstić information content (AvgIpc) is 2.92. The summed E-state index contributed by atoms with van der Waals surface area (Å²) in [6, 6.07) is 0.486. The Morgan fingerprint density at radius 2 is 2.37 bits per heavy atom. The van der Waals surface area contributed by atoms with E-state index in [0.29, 0.717) is 16.5 Å². The Labute approximate surface area is 116 Å². The molecule has 2 fully saturated rings. The number of carbonyl (C=O) groups excluding carboxylic acids is 1. The lowest BCUT2D eigenvalue weighted by Gasteiger charge is -2.27. The van der Waals surface area contributed by atoms with Gasteiger partial charge in [0.2, 0.25) is 5.91 Å². The van der Waals surface area contributed by atoms with Crippen molar-refractivity contribution in [2.24, 2.45) is 5.73 Å². The zero-order valence-corrected chi connectivity index (χ0v) is 11.8. The van der Waals surface area contributed by atoms with E-state index in [-0.39, 0.29) is 5.91 Å². The fourth-order valence-electron chi connectivity index (χ4n) is 2.67. The summed E-state index contributed by atoms with van der Waals surface area (Å²) in [4.78, 5) is 16.1. The Kier molecular flexibility index (Phi) is 3.30. The van der Waals surface area contributed by atoms with Crippen LogP contribution in [0.15, 0.2) is 15.9 Å². The maximum absolute atomic E-state index is 11.8. The van der Waals surface area contributed by atoms with Crippen LogP contribution >= 0.6 is 11.8 Å². The molecule has 0 aliphatic heterocycles. The van der Waals surface area contributed by atoms with Crippen LogP contribution in [0.2, 0.25) is 0 Å². The summed E-state index contributed by atoms with van der Waals surface area (Å²) in [5.41, 5.74) is 5.99. The van der Waals surface area contributed by atoms with Crippen molar-refractivity contribution in [2.45, 2.75) is 61.1 Å². The fraction of sp³-hybridized carbons (Fsp3) is 0.692. The van der Waals surface area contributed by atoms with Crippen LogP contribution in [-0.4, -0.2) is 27.7 Å². The quantitative estimate of drug-likeness (QED) is 0.857. The number of hydrogen-bond acceptors (Lipinski definition) is 5. The van der Waals surface area contributed by atoms with Crippen LogP contribution < -0.4 is 11.1 Å². The number of nitrogens with zero attached hydrogens (tertiary/aromatic N) is 1. The highest BCUT2D eigenvalue weighted by Crippen LogP contribution is 2.41. The molecule has 2 aliphatic rings. The van der Waals surface area contributed by atoms with Crippen LogP contribution in [-0.2, 0) is 4.79 Å². The molecule has 1 aromatic heterocycles. The maximum Gasteiger partial charge on any atom is 0.256 e. The minimum atomic E-state index is -0.513. The van der Waals surface area contributed by atoms with Gasteiger partial charge in [-0.25, -0.2) is 4.98 Å². The molecule has 0 spiro atoms. The summed E-state index contributed by atoms with van der Waals surface area (Å²) in [6.45, 7) is 1.91. The molecule has 5 nitrogen and oxygen atoms in total. The third kappa shape index (κ3) is 2.79. The van der Waals surface area contributed by atoms with E-state index in [4.69, 9.17) is 10.2 Å². The van der Waals surface area contributed by atoms with Crippen LogP contribution in [0.5, 0.6) is 0 Å². The van der Waals surface area contributed by atoms with Crippen molar-refractivity contribution >= 4 is 17.7 Å². The normalized spacial score (nSPS) is 30.7. The topological polar surface area (TPSA) is 81.1 Å². The van der Waals surface area contributed by atoms with Crippen LogP contribution in [0.4, 0.5) is 0 Å². The van der Waals surface area contributed by atoms with E-state index in [9.17, 15) is 4.79 Å². The first-order chi connectivity index (χ1) is 9.07. The first kappa shape index (κ1) is 13.0. The Morgan fingerprint density at radius 1 is 1.58 bits per heavy atom. The third-order valence-electron chi connectivity index (χ3n) is 3.86. The summed E-state index contributed by atoms with van der Waals surface area (Å²) >= 11 is 1.61. The molecule has 19 heavy (non-hydrogen) atoms. The molecule has 2 aliphatic carbocycles. The van der Waals surface area contributed by atoms with Gasteiger partial charge >= 0.3 is 0 Å². The Balaban J connectivity index is 1.65. The van der Waals surface area contributed by atoms with Crippen LogP contribution in [0.3, 0.4) is 0 Å². The first-order valence-electron chi connectivity index (χ1n) is 6.74. The number of oxazole rings is 1. The van der Waals surface area contributed by atoms with Crippen molar-refractivity contribution in [2.75, 3.05) is 0 Å². The molecule has 0 aromatic carbocycles. The van der Waals surface area contributed by atoms with Crippen molar-refractivity contribution in [3.05, 3.63) is 12.0 Å². The molecule has 0 radical (unpaired) electrons. The number of primary amides is 1. The fourth-order valence-corrected chi connectivity index (χ4v) is 3.86. The Morgan fingerprint density at radius 3 is 2.95 bits per heavy atom. The number of aryl methyl sites for hydroxylation is 1. The van der Waals surface area contributed by atoms with Gasteiger partial charge in [0.1, 0.15) is 6.26 Å². The molecule has 0 bridgehead atoms. The lowest BCUT2D eigenvalue weighted by Crippen LogP contribution is -2.54. The summed E-state index contributed by atoms with van der Waals surface area (Å²) in [5.74, 6) is -0.217. The molecular formula is C13H19N3O2S. The number of amides is 1. The van der Waals surface area contributed by atoms with Gasteiger partial charge in [-0.1, -0.05) is 11.8 Å². The monoisotopic (exact) mass is 281 g/mol. The second-order valence-corrected chi connectivity index (χ2v) is 6.85. The highest BCUT2D eigenvalue weighted by Gasteiger charge is 2.47. The molecule has 1 aromatic rings. The van der Waals surface area contributed by atoms with Crippen molar-refractivity contribution in [1.82, 2.24) is 10.3 Å². The van der Waals surface area contributed by atoms with Gasteiger partial charge in [-0.05, 0) is 39.0 Å². The van der Waals surface area contributed by atoms with Gasteiger partial charge in [0.25, 0.3) is 5.22 Å². The van der Waals surface area contributed by atoms with Gasteiger partial charge in [-0.2, -0.15) is 0 Å². The minimum absolute atomic E-state index is 0.217. The summed E-state index contributed by atoms with van der Waals surface area (Å²) < 4.78 is 5.36. The number of aromatic nitrogens is 1. The second-order valence-electron chi connectivity index (χ2n) is 5.60. The number of hydrogen-bond donors (Lipinski definition) is 2. The van der Waals surface area contributed by atoms with E-state index < -0.39 is 5.54 Å². The SMILES string of the molecule is Cc1coc(SC2CCC(NC3CC3)(C(N)=O)C2)n1. The molecule has 3 rings (SSSR count). The van der Waals surface area contributed by atoms with E-state index >= 15 is 0 Å². The summed E-state index contributed by atoms with van der Waals surface area (Å²) in [5, 5.41) is 4.48. The molecule has 2 saturated carbocycles. The lowest BCUT2D eigenvalue weighted by atomic mass is 9.96. The number of nitrogens with one attached hydrogen (secondary N) is 1. The highest BCUT2D eigenvalue weighted by atomic mass is 32.2. The molecule has 0 saturated heterocycles. The van der Waals surface area contributed by atoms with Gasteiger partial charge in [-0.15, -0.1) is 0 Å². The lowest BCUT2D eigenvalue weighted by molar-refractivity contribution is -0.124. The number of carbonyl (C=O) groups is 1. The van der Waals surface area contributed by atoms with E-state index in [1.165, 1.54) is 0 Å². The van der Waals surface area contributed by atoms with Crippen molar-refractivity contribution in [1.29, 1.82) is 0 Å². The highest BCUT2D eigenvalue weighted by molar-refractivity contribution is 7.99. The zero-order valence-electron chi connectivity index (χ0n) is 11.0. The molecule has 6 heteroatoms. The molecule has 104 valence electrons. The molecule has 2 atom stereocenters. The second kappa shape index (κ2) is 4.83. The summed E-state index contributed by atoms with van der Waals surface area (Å²) in [7, 11) is 0. The maximum atomic E-state index is 11.8. The van der Waals surface area contributed by atoms with Gasteiger partial charge in [0, 0.05) is 11.3 Å². The van der Waals surface area contributed by atoms with Crippen LogP contribution in [0, 0.1) is 6.92 Å². The van der Waals surface area contributed by atoms with Crippen molar-refractivity contribution in [3.8, 4) is 0 Å². The number of nitrogens with two attached hydrogens (primary N) is 1. The van der Waals surface area contributed by atoms with Gasteiger partial charge < -0.3 is 15.5 Å². The predicted molar refractivity (Wildman–Crippen MR) is 72.8 cm³/mol. The van der Waals surface area contributed by atoms with E-state index in [1.54, 1.807) is 18.0 Å². The van der Waals surface area contributed by atoms with E-state index in [0.717, 1.165) is 37.8 Å². The van der Waals surface area contributed by atoms with Crippen LogP contribution in [0.25, 0.3) is 0 Å². The number of thioether (sulfide) groups is 1. The molecular weight excluding hydrogens is 262 g/mol. The van der Waals surface area contributed by atoms with E-state index in [2.05, 4.69) is 10.3 Å². The third-order valence-corrected chi connectivity index (χ3v) is 4.99. The largest absolute Gasteiger partial charge is 0.440 e. The van der Waals surface area contributed by atoms with Gasteiger partial charge in [0.05, 0.1) is 11.2 Å². The van der Waals surface area contributed by atoms with Gasteiger partial charge in [-0.3, -0.25) is 4.79 Å². The first-order valence-corrected chi connectivity index (χ1v) is 7.62. The predicted octanol–water partition coefficient (Wildman–Crippen LogP) is 1.60. The van der Waals surface area contributed by atoms with Crippen molar-refractivity contribution < 1.29 is 9.21 Å². The van der Waals surface area contributed by atoms with Crippen molar-refractivity contribution in [3.63, 3.8) is 0 Å². The van der Waals surface area contributed by atoms with Gasteiger partial charge in [0.15, 0.2) is 0 Å². The average molecular weight is 281 g/mol. The minimum Gasteiger partial charge on any atom is -0.440 e. The zero-order chi connectivity index (χ0) is 13.5. The molecule has 1 amide bonds. The number of rotatable bonds is 5. The van der Waals surface area contributed by atoms with E-state index in [1.807, 2.05) is 6.92 Å². The molecule has 3 N–H and O–H groups in total. The standard InChI is InChI=1S/C13H19N3O2S/c1-8-7-18-12(15-8)19-10-4-5-13(6-10,11(14)17)16-9-2-3-9/h7,9-10,16H,2-6H2,1H3,(H2,14,17). The Bertz CT molecular complexity index is 486. The van der Waals surface area contributed by atoms with Crippen LogP contribution in [0.1, 0.15) is 37.8 Å².